The second-order valence-electron chi connectivity index (χ2n) is 9.97. The Morgan fingerprint density at radius 3 is 2.34 bits per heavy atom. The molecule has 11 heteroatoms. The van der Waals surface area contributed by atoms with E-state index in [0.717, 1.165) is 32.1 Å². The average molecular weight is 498 g/mol. The minimum absolute atomic E-state index is 0.0598. The van der Waals surface area contributed by atoms with Crippen LogP contribution in [0.5, 0.6) is 0 Å². The third kappa shape index (κ3) is 9.46. The number of likely N-dealkylation sites (tertiary alicyclic amines) is 2. The average Bonchev–Trinajstić information content (AvgIpc) is 2.75. The smallest absolute Gasteiger partial charge is 0.413 e. The highest BCUT2D eigenvalue weighted by Gasteiger charge is 2.34. The number of nitrogens with one attached hydrogen (secondary N) is 1. The van der Waals surface area contributed by atoms with Crippen LogP contribution in [-0.2, 0) is 28.7 Å². The van der Waals surface area contributed by atoms with Gasteiger partial charge in [-0.2, -0.15) is 0 Å². The molecule has 0 aromatic rings. The molecule has 0 aromatic carbocycles. The number of piperidine rings is 2. The molecule has 2 N–H and O–H groups in total. The van der Waals surface area contributed by atoms with E-state index in [1.807, 2.05) is 0 Å². The van der Waals surface area contributed by atoms with Gasteiger partial charge in [0.25, 0.3) is 5.79 Å². The summed E-state index contributed by atoms with van der Waals surface area (Å²) < 4.78 is 10.3. The first-order valence-electron chi connectivity index (χ1n) is 12.3. The summed E-state index contributed by atoms with van der Waals surface area (Å²) in [5.41, 5.74) is 0. The Morgan fingerprint density at radius 1 is 1.09 bits per heavy atom. The van der Waals surface area contributed by atoms with Crippen LogP contribution in [0.3, 0.4) is 0 Å². The Hall–Kier alpha value is -2.69. The topological polar surface area (TPSA) is 143 Å². The summed E-state index contributed by atoms with van der Waals surface area (Å²) in [4.78, 5) is 62.6. The fourth-order valence-electron chi connectivity index (χ4n) is 4.64. The Kier molecular flexibility index (Phi) is 10.5. The summed E-state index contributed by atoms with van der Waals surface area (Å²) >= 11 is 0. The molecule has 198 valence electrons. The van der Waals surface area contributed by atoms with E-state index in [4.69, 9.17) is 14.6 Å². The summed E-state index contributed by atoms with van der Waals surface area (Å²) in [7, 11) is 0. The zero-order chi connectivity index (χ0) is 26.2. The van der Waals surface area contributed by atoms with Crippen LogP contribution in [0.15, 0.2) is 0 Å². The van der Waals surface area contributed by atoms with Crippen molar-refractivity contribution >= 4 is 29.8 Å². The van der Waals surface area contributed by atoms with Crippen LogP contribution in [-0.4, -0.2) is 82.8 Å². The number of hydrogen-bond donors (Lipinski definition) is 2. The number of ether oxygens (including phenoxy) is 2. The van der Waals surface area contributed by atoms with Gasteiger partial charge < -0.3 is 24.8 Å². The molecule has 0 aliphatic carbocycles. The van der Waals surface area contributed by atoms with Gasteiger partial charge in [-0.25, -0.2) is 4.79 Å². The van der Waals surface area contributed by atoms with Crippen LogP contribution in [0.4, 0.5) is 4.79 Å². The number of amides is 3. The van der Waals surface area contributed by atoms with E-state index < -0.39 is 23.8 Å². The maximum atomic E-state index is 12.9. The molecule has 2 atom stereocenters. The van der Waals surface area contributed by atoms with Crippen molar-refractivity contribution in [2.45, 2.75) is 84.5 Å². The number of imide groups is 1. The highest BCUT2D eigenvalue weighted by molar-refractivity contribution is 5.97. The Labute approximate surface area is 206 Å². The van der Waals surface area contributed by atoms with Crippen molar-refractivity contribution < 1.29 is 38.6 Å². The zero-order valence-electron chi connectivity index (χ0n) is 21.2. The number of nitrogens with zero attached hydrogens (tertiary/aromatic N) is 2. The van der Waals surface area contributed by atoms with Gasteiger partial charge >= 0.3 is 18.0 Å². The highest BCUT2D eigenvalue weighted by Crippen LogP contribution is 2.29. The molecule has 2 aliphatic rings. The summed E-state index contributed by atoms with van der Waals surface area (Å²) in [6.45, 7) is 7.37. The molecule has 2 heterocycles. The molecule has 35 heavy (non-hydrogen) atoms. The van der Waals surface area contributed by atoms with Gasteiger partial charge in [-0.1, -0.05) is 0 Å². The minimum atomic E-state index is -1.33. The van der Waals surface area contributed by atoms with E-state index in [0.29, 0.717) is 32.0 Å². The van der Waals surface area contributed by atoms with E-state index in [1.165, 1.54) is 25.7 Å². The monoisotopic (exact) mass is 497 g/mol. The van der Waals surface area contributed by atoms with Crippen molar-refractivity contribution in [3.05, 3.63) is 0 Å². The zero-order valence-corrected chi connectivity index (χ0v) is 21.2. The molecule has 2 aliphatic heterocycles. The molecule has 2 saturated heterocycles. The number of carboxylic acids is 1. The molecule has 0 aromatic heterocycles. The van der Waals surface area contributed by atoms with Gasteiger partial charge in [0.2, 0.25) is 11.8 Å². The van der Waals surface area contributed by atoms with Crippen molar-refractivity contribution in [3.8, 4) is 0 Å². The molecule has 2 fully saturated rings. The molecule has 0 spiro atoms. The SMILES string of the molecule is CC(=O)OC(C)(C)OC(=O)N1CCC(CC[C@@H]2CCCN(C(=O)CN[C@H](C)CC(=O)O)C2=O)CC1. The van der Waals surface area contributed by atoms with Crippen LogP contribution < -0.4 is 5.32 Å². The second-order valence-corrected chi connectivity index (χ2v) is 9.97. The van der Waals surface area contributed by atoms with Gasteiger partial charge in [0.05, 0.1) is 13.0 Å². The number of aliphatic carboxylic acids is 1. The maximum Gasteiger partial charge on any atom is 0.413 e. The Bertz CT molecular complexity index is 792. The third-order valence-electron chi connectivity index (χ3n) is 6.45. The van der Waals surface area contributed by atoms with E-state index in [9.17, 15) is 24.0 Å². The number of rotatable bonds is 10. The quantitative estimate of drug-likeness (QED) is 0.343. The first kappa shape index (κ1) is 28.5. The highest BCUT2D eigenvalue weighted by atomic mass is 16.7. The predicted octanol–water partition coefficient (Wildman–Crippen LogP) is 2.13. The van der Waals surface area contributed by atoms with Crippen molar-refractivity contribution in [1.29, 1.82) is 0 Å². The molecular formula is C24H39N3O8. The number of esters is 1. The lowest BCUT2D eigenvalue weighted by atomic mass is 9.85. The Balaban J connectivity index is 1.75. The largest absolute Gasteiger partial charge is 0.481 e. The molecule has 0 radical (unpaired) electrons. The molecule has 0 bridgehead atoms. The van der Waals surface area contributed by atoms with Crippen LogP contribution in [0.1, 0.15) is 72.6 Å². The molecular weight excluding hydrogens is 458 g/mol. The molecule has 0 saturated carbocycles. The van der Waals surface area contributed by atoms with Gasteiger partial charge in [-0.05, 0) is 51.4 Å². The fourth-order valence-corrected chi connectivity index (χ4v) is 4.64. The van der Waals surface area contributed by atoms with Crippen LogP contribution in [0.25, 0.3) is 0 Å². The van der Waals surface area contributed by atoms with Gasteiger partial charge in [0, 0.05) is 52.4 Å². The van der Waals surface area contributed by atoms with E-state index in [2.05, 4.69) is 5.32 Å². The van der Waals surface area contributed by atoms with Crippen LogP contribution >= 0.6 is 0 Å². The van der Waals surface area contributed by atoms with Crippen LogP contribution in [0.2, 0.25) is 0 Å². The van der Waals surface area contributed by atoms with Crippen molar-refractivity contribution in [1.82, 2.24) is 15.1 Å². The summed E-state index contributed by atoms with van der Waals surface area (Å²) in [5, 5.41) is 11.7. The maximum absolute atomic E-state index is 12.9. The minimum Gasteiger partial charge on any atom is -0.481 e. The number of carbonyl (C=O) groups is 5. The summed E-state index contributed by atoms with van der Waals surface area (Å²) in [5.74, 6) is -3.09. The lowest BCUT2D eigenvalue weighted by Gasteiger charge is -2.35. The molecule has 3 amide bonds. The number of carboxylic acid groups (broad SMARTS) is 1. The van der Waals surface area contributed by atoms with E-state index in [1.54, 1.807) is 11.8 Å². The fraction of sp³-hybridized carbons (Fsp3) is 0.792. The van der Waals surface area contributed by atoms with Crippen molar-refractivity contribution in [3.63, 3.8) is 0 Å². The predicted molar refractivity (Wildman–Crippen MR) is 125 cm³/mol. The standard InChI is InChI=1S/C24H39N3O8/c1-16(14-21(30)31)25-15-20(29)27-11-5-6-19(22(27)32)8-7-18-9-12-26(13-10-18)23(33)35-24(3,4)34-17(2)28/h16,18-19,25H,5-15H2,1-4H3,(H,30,31)/t16-,19+/m1/s1. The van der Waals surface area contributed by atoms with Crippen molar-refractivity contribution in [2.75, 3.05) is 26.2 Å². The van der Waals surface area contributed by atoms with E-state index >= 15 is 0 Å². The molecule has 2 rings (SSSR count). The lowest BCUT2D eigenvalue weighted by Crippen LogP contribution is -2.49. The summed E-state index contributed by atoms with van der Waals surface area (Å²) in [6.07, 6.45) is 4.02. The third-order valence-corrected chi connectivity index (χ3v) is 6.45. The number of carbonyl (C=O) groups excluding carboxylic acids is 4. The summed E-state index contributed by atoms with van der Waals surface area (Å²) in [6, 6.07) is -0.358. The first-order valence-corrected chi connectivity index (χ1v) is 12.3. The number of hydrogen-bond acceptors (Lipinski definition) is 8. The lowest BCUT2D eigenvalue weighted by molar-refractivity contribution is -0.195. The van der Waals surface area contributed by atoms with Gasteiger partial charge in [0.15, 0.2) is 0 Å². The molecule has 11 nitrogen and oxygen atoms in total. The van der Waals surface area contributed by atoms with Crippen LogP contribution in [0, 0.1) is 11.8 Å². The van der Waals surface area contributed by atoms with Gasteiger partial charge in [-0.3, -0.25) is 24.1 Å². The Morgan fingerprint density at radius 2 is 1.74 bits per heavy atom. The second kappa shape index (κ2) is 12.9. The molecule has 0 unspecified atom stereocenters. The normalized spacial score (nSPS) is 20.3. The van der Waals surface area contributed by atoms with Crippen molar-refractivity contribution in [2.24, 2.45) is 11.8 Å². The first-order chi connectivity index (χ1) is 16.4. The van der Waals surface area contributed by atoms with Gasteiger partial charge in [0.1, 0.15) is 0 Å². The van der Waals surface area contributed by atoms with Gasteiger partial charge in [-0.15, -0.1) is 0 Å². The van der Waals surface area contributed by atoms with E-state index in [-0.39, 0.29) is 36.7 Å².